The van der Waals surface area contributed by atoms with Crippen molar-refractivity contribution in [2.45, 2.75) is 51.1 Å². The third-order valence-electron chi connectivity index (χ3n) is 4.15. The molecule has 154 valence electrons. The fourth-order valence-corrected chi connectivity index (χ4v) is 3.47. The minimum atomic E-state index is -4.69. The van der Waals surface area contributed by atoms with Crippen molar-refractivity contribution in [1.82, 2.24) is 5.32 Å². The van der Waals surface area contributed by atoms with Crippen molar-refractivity contribution in [3.05, 3.63) is 52.3 Å². The van der Waals surface area contributed by atoms with Crippen LogP contribution in [0.5, 0.6) is 5.75 Å². The molecule has 2 aromatic carbocycles. The molecule has 2 unspecified atom stereocenters. The highest BCUT2D eigenvalue weighted by Gasteiger charge is 2.42. The van der Waals surface area contributed by atoms with E-state index >= 15 is 0 Å². The van der Waals surface area contributed by atoms with E-state index in [9.17, 15) is 27.1 Å². The first-order valence-corrected chi connectivity index (χ1v) is 9.37. The van der Waals surface area contributed by atoms with Crippen LogP contribution >= 0.6 is 15.9 Å². The zero-order valence-electron chi connectivity index (χ0n) is 15.5. The van der Waals surface area contributed by atoms with Crippen molar-refractivity contribution in [1.29, 1.82) is 0 Å². The maximum absolute atomic E-state index is 14.6. The summed E-state index contributed by atoms with van der Waals surface area (Å²) in [5, 5.41) is 12.3. The molecule has 0 saturated carbocycles. The van der Waals surface area contributed by atoms with Gasteiger partial charge in [0.2, 0.25) is 0 Å². The fraction of sp³-hybridized carbons (Fsp3) is 0.400. The molecule has 2 N–H and O–H groups in total. The Morgan fingerprint density at radius 3 is 2.21 bits per heavy atom. The van der Waals surface area contributed by atoms with Gasteiger partial charge in [0, 0.05) is 21.6 Å². The Hall–Kier alpha value is -1.67. The summed E-state index contributed by atoms with van der Waals surface area (Å²) in [7, 11) is 0. The van der Waals surface area contributed by atoms with Crippen LogP contribution in [-0.4, -0.2) is 23.0 Å². The maximum Gasteiger partial charge on any atom is 0.407 e. The number of benzene rings is 2. The van der Waals surface area contributed by atoms with E-state index in [-0.39, 0.29) is 28.9 Å². The normalized spacial score (nSPS) is 14.8. The topological polar surface area (TPSA) is 32.3 Å². The van der Waals surface area contributed by atoms with Crippen LogP contribution in [0.2, 0.25) is 0 Å². The summed E-state index contributed by atoms with van der Waals surface area (Å²) < 4.78 is 69.6. The van der Waals surface area contributed by atoms with E-state index in [1.807, 2.05) is 0 Å². The predicted octanol–water partition coefficient (Wildman–Crippen LogP) is 6.68. The molecule has 0 amide bonds. The van der Waals surface area contributed by atoms with Crippen LogP contribution in [0.15, 0.2) is 40.9 Å². The molecule has 0 bridgehead atoms. The molecular formula is C20H21BrF5NO. The van der Waals surface area contributed by atoms with Crippen molar-refractivity contribution >= 4 is 15.9 Å². The first-order chi connectivity index (χ1) is 12.8. The van der Waals surface area contributed by atoms with Gasteiger partial charge in [0.1, 0.15) is 23.3 Å². The fourth-order valence-electron chi connectivity index (χ4n) is 3.10. The summed E-state index contributed by atoms with van der Waals surface area (Å²) in [6, 6.07) is 4.57. The number of nitrogens with one attached hydrogen (secondary N) is 1. The van der Waals surface area contributed by atoms with Crippen LogP contribution in [0.25, 0.3) is 11.1 Å². The molecular weight excluding hydrogens is 445 g/mol. The Bertz CT molecular complexity index is 832. The van der Waals surface area contributed by atoms with Gasteiger partial charge in [-0.15, -0.1) is 0 Å². The van der Waals surface area contributed by atoms with Gasteiger partial charge in [0.25, 0.3) is 0 Å². The Morgan fingerprint density at radius 2 is 1.68 bits per heavy atom. The van der Waals surface area contributed by atoms with Gasteiger partial charge in [-0.25, -0.2) is 8.78 Å². The molecule has 0 aromatic heterocycles. The summed E-state index contributed by atoms with van der Waals surface area (Å²) in [4.78, 5) is 0. The van der Waals surface area contributed by atoms with E-state index in [0.29, 0.717) is 4.47 Å². The van der Waals surface area contributed by atoms with Crippen LogP contribution in [0.3, 0.4) is 0 Å². The van der Waals surface area contributed by atoms with Gasteiger partial charge in [-0.2, -0.15) is 13.2 Å². The minimum Gasteiger partial charge on any atom is -0.507 e. The molecule has 0 aliphatic heterocycles. The van der Waals surface area contributed by atoms with Gasteiger partial charge < -0.3 is 5.11 Å². The third-order valence-corrected chi connectivity index (χ3v) is 4.64. The Labute approximate surface area is 168 Å². The number of hydrogen-bond donors (Lipinski definition) is 2. The van der Waals surface area contributed by atoms with Crippen LogP contribution < -0.4 is 5.32 Å². The SMILES string of the molecule is CC(CC(C)(C)F)NC(c1ccc(-c2cc(Br)ccc2O)c(F)c1)C(F)(F)F. The second-order valence-electron chi connectivity index (χ2n) is 7.37. The number of phenolic OH excluding ortho intramolecular Hbond substituents is 1. The van der Waals surface area contributed by atoms with Gasteiger partial charge in [-0.05, 0) is 57.0 Å². The van der Waals surface area contributed by atoms with Gasteiger partial charge in [-0.3, -0.25) is 5.32 Å². The molecule has 0 radical (unpaired) electrons. The molecule has 0 saturated heterocycles. The number of aromatic hydroxyl groups is 1. The highest BCUT2D eigenvalue weighted by Crippen LogP contribution is 2.38. The molecule has 0 fully saturated rings. The molecule has 0 aliphatic rings. The number of alkyl halides is 4. The highest BCUT2D eigenvalue weighted by molar-refractivity contribution is 9.10. The lowest BCUT2D eigenvalue weighted by molar-refractivity contribution is -0.160. The monoisotopic (exact) mass is 465 g/mol. The van der Waals surface area contributed by atoms with E-state index < -0.39 is 29.7 Å². The summed E-state index contributed by atoms with van der Waals surface area (Å²) in [5.74, 6) is -1.10. The highest BCUT2D eigenvalue weighted by atomic mass is 79.9. The van der Waals surface area contributed by atoms with Crippen molar-refractivity contribution in [2.75, 3.05) is 0 Å². The second kappa shape index (κ2) is 8.37. The number of phenols is 1. The van der Waals surface area contributed by atoms with Crippen LogP contribution in [0.1, 0.15) is 38.8 Å². The van der Waals surface area contributed by atoms with E-state index in [1.54, 1.807) is 6.07 Å². The number of hydrogen-bond acceptors (Lipinski definition) is 2. The van der Waals surface area contributed by atoms with Gasteiger partial charge in [0.15, 0.2) is 0 Å². The molecule has 2 nitrogen and oxygen atoms in total. The Morgan fingerprint density at radius 1 is 1.04 bits per heavy atom. The smallest absolute Gasteiger partial charge is 0.407 e. The summed E-state index contributed by atoms with van der Waals surface area (Å²) in [6.07, 6.45) is -4.83. The van der Waals surface area contributed by atoms with Crippen LogP contribution in [0, 0.1) is 5.82 Å². The Balaban J connectivity index is 2.38. The molecule has 8 heteroatoms. The maximum atomic E-state index is 14.6. The van der Waals surface area contributed by atoms with Gasteiger partial charge >= 0.3 is 6.18 Å². The van der Waals surface area contributed by atoms with E-state index in [2.05, 4.69) is 21.2 Å². The predicted molar refractivity (Wildman–Crippen MR) is 102 cm³/mol. The third kappa shape index (κ3) is 5.91. The molecule has 2 aromatic rings. The second-order valence-corrected chi connectivity index (χ2v) is 8.28. The lowest BCUT2D eigenvalue weighted by atomic mass is 9.97. The van der Waals surface area contributed by atoms with Gasteiger partial charge in [-0.1, -0.05) is 28.1 Å². The number of rotatable bonds is 6. The van der Waals surface area contributed by atoms with E-state index in [4.69, 9.17) is 0 Å². The standard InChI is InChI=1S/C20H21BrF5NO/c1-11(10-19(2,3)23)27-18(20(24,25)26)12-4-6-14(16(22)8-12)15-9-13(21)5-7-17(15)28/h4-9,11,18,27-28H,10H2,1-3H3. The zero-order valence-corrected chi connectivity index (χ0v) is 17.1. The molecule has 2 rings (SSSR count). The Kier molecular flexibility index (Phi) is 6.76. The lowest BCUT2D eigenvalue weighted by Crippen LogP contribution is -2.41. The molecule has 28 heavy (non-hydrogen) atoms. The van der Waals surface area contributed by atoms with E-state index in [0.717, 1.165) is 12.1 Å². The molecule has 0 heterocycles. The van der Waals surface area contributed by atoms with Crippen molar-refractivity contribution in [3.63, 3.8) is 0 Å². The first-order valence-electron chi connectivity index (χ1n) is 8.58. The van der Waals surface area contributed by atoms with Crippen molar-refractivity contribution in [2.24, 2.45) is 0 Å². The van der Waals surface area contributed by atoms with Crippen LogP contribution in [0.4, 0.5) is 22.0 Å². The molecule has 0 aliphatic carbocycles. The van der Waals surface area contributed by atoms with Crippen molar-refractivity contribution < 1.29 is 27.1 Å². The van der Waals surface area contributed by atoms with E-state index in [1.165, 1.54) is 39.0 Å². The van der Waals surface area contributed by atoms with Gasteiger partial charge in [0.05, 0.1) is 0 Å². The summed E-state index contributed by atoms with van der Waals surface area (Å²) in [6.45, 7) is 4.02. The molecule has 2 atom stereocenters. The average Bonchev–Trinajstić information content (AvgIpc) is 2.52. The quantitative estimate of drug-likeness (QED) is 0.466. The largest absolute Gasteiger partial charge is 0.507 e. The first kappa shape index (κ1) is 22.6. The summed E-state index contributed by atoms with van der Waals surface area (Å²) in [5.41, 5.74) is -1.84. The number of halogens is 6. The average molecular weight is 466 g/mol. The summed E-state index contributed by atoms with van der Waals surface area (Å²) >= 11 is 3.21. The zero-order chi connectivity index (χ0) is 21.3. The molecule has 0 spiro atoms. The van der Waals surface area contributed by atoms with Crippen molar-refractivity contribution in [3.8, 4) is 16.9 Å². The van der Waals surface area contributed by atoms with Crippen LogP contribution in [-0.2, 0) is 0 Å². The minimum absolute atomic E-state index is 0.0265. The lowest BCUT2D eigenvalue weighted by Gasteiger charge is -2.28.